The molecule has 1 heterocycles. The van der Waals surface area contributed by atoms with Gasteiger partial charge >= 0.3 is 5.97 Å². The predicted octanol–water partition coefficient (Wildman–Crippen LogP) is 1.11. The van der Waals surface area contributed by atoms with Crippen LogP contribution in [-0.4, -0.2) is 16.9 Å². The van der Waals surface area contributed by atoms with Crippen molar-refractivity contribution in [3.05, 3.63) is 23.7 Å². The standard InChI is InChI=1S/C8H8O4/c1-5(9)8-6(2-3-12-8)4-7(10)11/h2-3H,4H2,1H3,(H,10,11). The molecule has 1 rings (SSSR count). The van der Waals surface area contributed by atoms with Crippen molar-refractivity contribution in [1.82, 2.24) is 0 Å². The van der Waals surface area contributed by atoms with Crippen molar-refractivity contribution in [3.63, 3.8) is 0 Å². The second-order valence-electron chi connectivity index (χ2n) is 2.40. The Morgan fingerprint density at radius 3 is 2.75 bits per heavy atom. The molecule has 0 aromatic carbocycles. The fraction of sp³-hybridized carbons (Fsp3) is 0.250. The summed E-state index contributed by atoms with van der Waals surface area (Å²) >= 11 is 0. The summed E-state index contributed by atoms with van der Waals surface area (Å²) < 4.78 is 4.81. The molecule has 0 aliphatic heterocycles. The van der Waals surface area contributed by atoms with Gasteiger partial charge in [-0.05, 0) is 6.07 Å². The van der Waals surface area contributed by atoms with Crippen LogP contribution in [0.4, 0.5) is 0 Å². The molecule has 64 valence electrons. The maximum absolute atomic E-state index is 10.8. The van der Waals surface area contributed by atoms with E-state index in [-0.39, 0.29) is 18.0 Å². The first-order valence-electron chi connectivity index (χ1n) is 3.40. The van der Waals surface area contributed by atoms with Crippen LogP contribution >= 0.6 is 0 Å². The van der Waals surface area contributed by atoms with E-state index in [1.807, 2.05) is 0 Å². The van der Waals surface area contributed by atoms with E-state index in [9.17, 15) is 9.59 Å². The first-order valence-corrected chi connectivity index (χ1v) is 3.40. The van der Waals surface area contributed by atoms with Crippen LogP contribution in [0.5, 0.6) is 0 Å². The smallest absolute Gasteiger partial charge is 0.307 e. The van der Waals surface area contributed by atoms with Crippen LogP contribution in [0.15, 0.2) is 16.7 Å². The molecule has 1 aromatic heterocycles. The zero-order chi connectivity index (χ0) is 9.14. The molecule has 0 bridgehead atoms. The zero-order valence-electron chi connectivity index (χ0n) is 6.53. The number of hydrogen-bond acceptors (Lipinski definition) is 3. The first kappa shape index (κ1) is 8.52. The lowest BCUT2D eigenvalue weighted by Crippen LogP contribution is -2.03. The van der Waals surface area contributed by atoms with Crippen molar-refractivity contribution < 1.29 is 19.1 Å². The fourth-order valence-electron chi connectivity index (χ4n) is 0.947. The summed E-state index contributed by atoms with van der Waals surface area (Å²) in [5.74, 6) is -1.09. The molecule has 0 spiro atoms. The summed E-state index contributed by atoms with van der Waals surface area (Å²) in [4.78, 5) is 21.1. The molecule has 1 N–H and O–H groups in total. The van der Waals surface area contributed by atoms with Crippen LogP contribution in [0.2, 0.25) is 0 Å². The van der Waals surface area contributed by atoms with E-state index in [4.69, 9.17) is 9.52 Å². The lowest BCUT2D eigenvalue weighted by molar-refractivity contribution is -0.136. The second kappa shape index (κ2) is 3.21. The minimum atomic E-state index is -0.973. The molecular weight excluding hydrogens is 160 g/mol. The van der Waals surface area contributed by atoms with Gasteiger partial charge in [-0.3, -0.25) is 9.59 Å². The van der Waals surface area contributed by atoms with Gasteiger partial charge in [0.25, 0.3) is 0 Å². The van der Waals surface area contributed by atoms with Gasteiger partial charge in [0.2, 0.25) is 0 Å². The maximum atomic E-state index is 10.8. The predicted molar refractivity (Wildman–Crippen MR) is 40.1 cm³/mol. The summed E-state index contributed by atoms with van der Waals surface area (Å²) in [6.45, 7) is 1.34. The molecule has 0 saturated heterocycles. The van der Waals surface area contributed by atoms with Gasteiger partial charge in [0.15, 0.2) is 11.5 Å². The van der Waals surface area contributed by atoms with Gasteiger partial charge in [-0.2, -0.15) is 0 Å². The number of aliphatic carboxylic acids is 1. The van der Waals surface area contributed by atoms with Crippen LogP contribution in [-0.2, 0) is 11.2 Å². The molecular formula is C8H8O4. The number of rotatable bonds is 3. The quantitative estimate of drug-likeness (QED) is 0.686. The SMILES string of the molecule is CC(=O)c1occc1CC(=O)O. The van der Waals surface area contributed by atoms with E-state index in [1.165, 1.54) is 19.3 Å². The highest BCUT2D eigenvalue weighted by Crippen LogP contribution is 2.11. The number of carboxylic acids is 1. The molecule has 0 amide bonds. The average Bonchev–Trinajstić information content (AvgIpc) is 2.33. The number of hydrogen-bond donors (Lipinski definition) is 1. The molecule has 0 radical (unpaired) electrons. The zero-order valence-corrected chi connectivity index (χ0v) is 6.53. The highest BCUT2D eigenvalue weighted by atomic mass is 16.4. The molecule has 4 nitrogen and oxygen atoms in total. The lowest BCUT2D eigenvalue weighted by Gasteiger charge is -1.93. The van der Waals surface area contributed by atoms with Crippen molar-refractivity contribution in [3.8, 4) is 0 Å². The van der Waals surface area contributed by atoms with Crippen molar-refractivity contribution >= 4 is 11.8 Å². The summed E-state index contributed by atoms with van der Waals surface area (Å²) in [6, 6.07) is 1.49. The Bertz CT molecular complexity index is 311. The van der Waals surface area contributed by atoms with Crippen LogP contribution in [0.3, 0.4) is 0 Å². The number of furan rings is 1. The molecule has 0 atom stereocenters. The number of carbonyl (C=O) groups is 2. The first-order chi connectivity index (χ1) is 5.61. The molecule has 1 aromatic rings. The molecule has 0 fully saturated rings. The largest absolute Gasteiger partial charge is 0.481 e. The summed E-state index contributed by atoms with van der Waals surface area (Å²) in [7, 11) is 0. The Hall–Kier alpha value is -1.58. The summed E-state index contributed by atoms with van der Waals surface area (Å²) in [5.41, 5.74) is 0.426. The molecule has 0 aliphatic carbocycles. The van der Waals surface area contributed by atoms with E-state index in [0.29, 0.717) is 5.56 Å². The third-order valence-corrected chi connectivity index (χ3v) is 1.41. The number of Topliss-reactive ketones (excluding diaryl/α,β-unsaturated/α-hetero) is 1. The van der Waals surface area contributed by atoms with Gasteiger partial charge in [0.05, 0.1) is 12.7 Å². The van der Waals surface area contributed by atoms with E-state index < -0.39 is 5.97 Å². The van der Waals surface area contributed by atoms with Crippen molar-refractivity contribution in [2.24, 2.45) is 0 Å². The Labute approximate surface area is 68.8 Å². The van der Waals surface area contributed by atoms with Crippen LogP contribution in [0, 0.1) is 0 Å². The van der Waals surface area contributed by atoms with Gasteiger partial charge in [-0.1, -0.05) is 0 Å². The topological polar surface area (TPSA) is 67.5 Å². The minimum absolute atomic E-state index is 0.136. The Kier molecular flexibility index (Phi) is 2.28. The van der Waals surface area contributed by atoms with Gasteiger partial charge < -0.3 is 9.52 Å². The monoisotopic (exact) mass is 168 g/mol. The normalized spacial score (nSPS) is 9.75. The Morgan fingerprint density at radius 2 is 2.25 bits per heavy atom. The van der Waals surface area contributed by atoms with Crippen LogP contribution < -0.4 is 0 Å². The number of ketones is 1. The van der Waals surface area contributed by atoms with Gasteiger partial charge in [0, 0.05) is 12.5 Å². The maximum Gasteiger partial charge on any atom is 0.307 e. The fourth-order valence-corrected chi connectivity index (χ4v) is 0.947. The van der Waals surface area contributed by atoms with Crippen molar-refractivity contribution in [2.45, 2.75) is 13.3 Å². The molecule has 0 aliphatic rings. The Balaban J connectivity index is 2.91. The second-order valence-corrected chi connectivity index (χ2v) is 2.40. The number of carbonyl (C=O) groups excluding carboxylic acids is 1. The minimum Gasteiger partial charge on any atom is -0.481 e. The van der Waals surface area contributed by atoms with Gasteiger partial charge in [-0.15, -0.1) is 0 Å². The summed E-state index contributed by atoms with van der Waals surface area (Å²) in [5, 5.41) is 8.44. The van der Waals surface area contributed by atoms with Gasteiger partial charge in [-0.25, -0.2) is 0 Å². The van der Waals surface area contributed by atoms with Crippen molar-refractivity contribution in [1.29, 1.82) is 0 Å². The number of carboxylic acid groups (broad SMARTS) is 1. The molecule has 4 heteroatoms. The van der Waals surface area contributed by atoms with E-state index in [0.717, 1.165) is 0 Å². The van der Waals surface area contributed by atoms with E-state index in [1.54, 1.807) is 0 Å². The van der Waals surface area contributed by atoms with E-state index >= 15 is 0 Å². The van der Waals surface area contributed by atoms with E-state index in [2.05, 4.69) is 0 Å². The highest BCUT2D eigenvalue weighted by molar-refractivity contribution is 5.93. The average molecular weight is 168 g/mol. The van der Waals surface area contributed by atoms with Crippen molar-refractivity contribution in [2.75, 3.05) is 0 Å². The molecule has 12 heavy (non-hydrogen) atoms. The third kappa shape index (κ3) is 1.72. The Morgan fingerprint density at radius 1 is 1.58 bits per heavy atom. The van der Waals surface area contributed by atoms with Crippen LogP contribution in [0.25, 0.3) is 0 Å². The molecule has 0 unspecified atom stereocenters. The lowest BCUT2D eigenvalue weighted by atomic mass is 10.1. The van der Waals surface area contributed by atoms with Crippen LogP contribution in [0.1, 0.15) is 23.0 Å². The van der Waals surface area contributed by atoms with Gasteiger partial charge in [0.1, 0.15) is 0 Å². The summed E-state index contributed by atoms with van der Waals surface area (Å²) in [6.07, 6.45) is 1.14. The third-order valence-electron chi connectivity index (χ3n) is 1.41. The molecule has 0 saturated carbocycles. The highest BCUT2D eigenvalue weighted by Gasteiger charge is 2.12.